The lowest BCUT2D eigenvalue weighted by Crippen LogP contribution is -2.22. The Morgan fingerprint density at radius 1 is 0.903 bits per heavy atom. The Kier molecular flexibility index (Phi) is 7.90. The molecule has 0 radical (unpaired) electrons. The molecule has 3 rings (SSSR count). The number of nitrogens with one attached hydrogen (secondary N) is 2. The van der Waals surface area contributed by atoms with Gasteiger partial charge in [0, 0.05) is 16.7 Å². The molecule has 6 heteroatoms. The van der Waals surface area contributed by atoms with Gasteiger partial charge in [0.25, 0.3) is 0 Å². The van der Waals surface area contributed by atoms with Gasteiger partial charge in [-0.05, 0) is 55.0 Å². The number of methoxy groups -OCH3 is 1. The summed E-state index contributed by atoms with van der Waals surface area (Å²) in [4.78, 5) is 25.6. The molecular formula is C25H24N2O3S. The van der Waals surface area contributed by atoms with E-state index in [1.54, 1.807) is 25.3 Å². The van der Waals surface area contributed by atoms with E-state index in [9.17, 15) is 9.59 Å². The molecule has 0 aliphatic carbocycles. The van der Waals surface area contributed by atoms with Crippen LogP contribution in [0.1, 0.15) is 12.5 Å². The van der Waals surface area contributed by atoms with Crippen LogP contribution in [0.2, 0.25) is 0 Å². The number of para-hydroxylation sites is 2. The molecule has 0 aliphatic heterocycles. The van der Waals surface area contributed by atoms with Crippen molar-refractivity contribution in [2.45, 2.75) is 17.1 Å². The molecule has 0 saturated heterocycles. The van der Waals surface area contributed by atoms with E-state index in [4.69, 9.17) is 4.74 Å². The van der Waals surface area contributed by atoms with Gasteiger partial charge < -0.3 is 15.4 Å². The Bertz CT molecular complexity index is 1050. The molecule has 3 aromatic carbocycles. The van der Waals surface area contributed by atoms with Crippen LogP contribution in [0.4, 0.5) is 11.4 Å². The molecule has 0 heterocycles. The molecule has 0 saturated carbocycles. The summed E-state index contributed by atoms with van der Waals surface area (Å²) in [7, 11) is 1.57. The summed E-state index contributed by atoms with van der Waals surface area (Å²) in [5.74, 6) is 0.307. The number of hydrogen-bond acceptors (Lipinski definition) is 4. The minimum Gasteiger partial charge on any atom is -0.495 e. The van der Waals surface area contributed by atoms with Crippen LogP contribution < -0.4 is 15.4 Å². The first-order chi connectivity index (χ1) is 15.0. The fraction of sp³-hybridized carbons (Fsp3) is 0.120. The van der Waals surface area contributed by atoms with Crippen LogP contribution in [0.5, 0.6) is 5.75 Å². The lowest BCUT2D eigenvalue weighted by atomic mass is 10.2. The van der Waals surface area contributed by atoms with Gasteiger partial charge in [-0.2, -0.15) is 0 Å². The molecule has 0 aromatic heterocycles. The van der Waals surface area contributed by atoms with Gasteiger partial charge in [-0.1, -0.05) is 42.5 Å². The van der Waals surface area contributed by atoms with Crippen molar-refractivity contribution in [3.05, 3.63) is 90.5 Å². The van der Waals surface area contributed by atoms with Crippen molar-refractivity contribution >= 4 is 41.0 Å². The molecular weight excluding hydrogens is 408 g/mol. The van der Waals surface area contributed by atoms with E-state index in [1.165, 1.54) is 17.8 Å². The Hall–Kier alpha value is -3.51. The molecule has 2 N–H and O–H groups in total. The fourth-order valence-corrected chi connectivity index (χ4v) is 3.64. The first-order valence-corrected chi connectivity index (χ1v) is 10.7. The van der Waals surface area contributed by atoms with Gasteiger partial charge in [0.2, 0.25) is 11.8 Å². The number of hydrogen-bond donors (Lipinski definition) is 2. The second-order valence-corrected chi connectivity index (χ2v) is 8.12. The van der Waals surface area contributed by atoms with Crippen molar-refractivity contribution in [1.82, 2.24) is 0 Å². The summed E-state index contributed by atoms with van der Waals surface area (Å²) >= 11 is 1.44. The molecule has 31 heavy (non-hydrogen) atoms. The average Bonchev–Trinajstić information content (AvgIpc) is 2.80. The van der Waals surface area contributed by atoms with Crippen LogP contribution >= 0.6 is 11.8 Å². The van der Waals surface area contributed by atoms with E-state index in [-0.39, 0.29) is 17.1 Å². The summed E-state index contributed by atoms with van der Waals surface area (Å²) in [6, 6.07) is 24.3. The number of ether oxygens (including phenoxy) is 1. The number of rotatable bonds is 8. The van der Waals surface area contributed by atoms with Crippen LogP contribution in [0.3, 0.4) is 0 Å². The fourth-order valence-electron chi connectivity index (χ4n) is 2.78. The predicted molar refractivity (Wildman–Crippen MR) is 127 cm³/mol. The minimum absolute atomic E-state index is 0.113. The van der Waals surface area contributed by atoms with Crippen LogP contribution in [-0.2, 0) is 9.59 Å². The molecule has 1 atom stereocenters. The average molecular weight is 433 g/mol. The summed E-state index contributed by atoms with van der Waals surface area (Å²) in [6.07, 6.45) is 3.27. The Morgan fingerprint density at radius 3 is 2.29 bits per heavy atom. The zero-order valence-corrected chi connectivity index (χ0v) is 18.2. The second-order valence-electron chi connectivity index (χ2n) is 6.71. The first-order valence-electron chi connectivity index (χ1n) is 9.80. The highest BCUT2D eigenvalue weighted by molar-refractivity contribution is 8.00. The van der Waals surface area contributed by atoms with Crippen LogP contribution in [-0.4, -0.2) is 24.2 Å². The van der Waals surface area contributed by atoms with E-state index in [0.29, 0.717) is 17.1 Å². The maximum absolute atomic E-state index is 12.5. The number of carbonyl (C=O) groups excluding carboxylic acids is 2. The molecule has 3 aromatic rings. The quantitative estimate of drug-likeness (QED) is 0.366. The highest BCUT2D eigenvalue weighted by Gasteiger charge is 2.16. The molecule has 1 unspecified atom stereocenters. The van der Waals surface area contributed by atoms with Crippen molar-refractivity contribution in [1.29, 1.82) is 0 Å². The Labute approximate surface area is 186 Å². The standard InChI is InChI=1S/C25H24N2O3S/c1-18(25(29)27-22-10-6-7-11-23(22)30-2)31-21-15-13-20(14-16-21)26-24(28)17-12-19-8-4-3-5-9-19/h3-18H,1-2H3,(H,26,28)(H,27,29)/b17-12+. The van der Waals surface area contributed by atoms with Crippen molar-refractivity contribution in [3.8, 4) is 5.75 Å². The van der Waals surface area contributed by atoms with Gasteiger partial charge in [0.05, 0.1) is 18.0 Å². The molecule has 158 valence electrons. The summed E-state index contributed by atoms with van der Waals surface area (Å²) in [5, 5.41) is 5.42. The Morgan fingerprint density at radius 2 is 1.58 bits per heavy atom. The number of benzene rings is 3. The van der Waals surface area contributed by atoms with Crippen molar-refractivity contribution in [2.75, 3.05) is 17.7 Å². The van der Waals surface area contributed by atoms with Gasteiger partial charge in [-0.25, -0.2) is 0 Å². The number of carbonyl (C=O) groups is 2. The third-order valence-electron chi connectivity index (χ3n) is 4.40. The van der Waals surface area contributed by atoms with E-state index < -0.39 is 0 Å². The van der Waals surface area contributed by atoms with Gasteiger partial charge in [0.1, 0.15) is 5.75 Å². The molecule has 0 fully saturated rings. The van der Waals surface area contributed by atoms with Gasteiger partial charge in [0.15, 0.2) is 0 Å². The Balaban J connectivity index is 1.53. The zero-order valence-electron chi connectivity index (χ0n) is 17.4. The minimum atomic E-state index is -0.306. The van der Waals surface area contributed by atoms with Crippen LogP contribution in [0, 0.1) is 0 Å². The molecule has 2 amide bonds. The highest BCUT2D eigenvalue weighted by atomic mass is 32.2. The monoisotopic (exact) mass is 432 g/mol. The third-order valence-corrected chi connectivity index (χ3v) is 5.51. The summed E-state index contributed by atoms with van der Waals surface area (Å²) < 4.78 is 5.27. The van der Waals surface area contributed by atoms with Crippen molar-refractivity contribution in [2.24, 2.45) is 0 Å². The SMILES string of the molecule is COc1ccccc1NC(=O)C(C)Sc1ccc(NC(=O)/C=C/c2ccccc2)cc1. The summed E-state index contributed by atoms with van der Waals surface area (Å²) in [5.41, 5.74) is 2.30. The van der Waals surface area contributed by atoms with Crippen molar-refractivity contribution < 1.29 is 14.3 Å². The first kappa shape index (κ1) is 22.2. The zero-order chi connectivity index (χ0) is 22.1. The number of anilines is 2. The molecule has 5 nitrogen and oxygen atoms in total. The lowest BCUT2D eigenvalue weighted by Gasteiger charge is -2.14. The topological polar surface area (TPSA) is 67.4 Å². The van der Waals surface area contributed by atoms with Crippen molar-refractivity contribution in [3.63, 3.8) is 0 Å². The van der Waals surface area contributed by atoms with E-state index in [2.05, 4.69) is 10.6 Å². The number of thioether (sulfide) groups is 1. The van der Waals surface area contributed by atoms with Gasteiger partial charge in [-0.3, -0.25) is 9.59 Å². The van der Waals surface area contributed by atoms with Crippen LogP contribution in [0.15, 0.2) is 89.8 Å². The second kappa shape index (κ2) is 11.0. The van der Waals surface area contributed by atoms with E-state index in [0.717, 1.165) is 10.5 Å². The highest BCUT2D eigenvalue weighted by Crippen LogP contribution is 2.28. The predicted octanol–water partition coefficient (Wildman–Crippen LogP) is 5.47. The molecule has 0 bridgehead atoms. The third kappa shape index (κ3) is 6.76. The van der Waals surface area contributed by atoms with Crippen LogP contribution in [0.25, 0.3) is 6.08 Å². The smallest absolute Gasteiger partial charge is 0.248 e. The van der Waals surface area contributed by atoms with E-state index >= 15 is 0 Å². The van der Waals surface area contributed by atoms with E-state index in [1.807, 2.05) is 73.7 Å². The largest absolute Gasteiger partial charge is 0.495 e. The number of amides is 2. The lowest BCUT2D eigenvalue weighted by molar-refractivity contribution is -0.115. The maximum atomic E-state index is 12.5. The molecule has 0 spiro atoms. The summed E-state index contributed by atoms with van der Waals surface area (Å²) in [6.45, 7) is 1.85. The normalized spacial score (nSPS) is 11.7. The molecule has 0 aliphatic rings. The maximum Gasteiger partial charge on any atom is 0.248 e. The van der Waals surface area contributed by atoms with Gasteiger partial charge in [-0.15, -0.1) is 11.8 Å². The van der Waals surface area contributed by atoms with Gasteiger partial charge >= 0.3 is 0 Å².